The molecule has 2 aliphatic rings. The number of anilines is 2. The molecule has 3 heterocycles. The van der Waals surface area contributed by atoms with Gasteiger partial charge in [-0.3, -0.25) is 4.79 Å². The number of amides is 1. The van der Waals surface area contributed by atoms with Gasteiger partial charge in [-0.1, -0.05) is 0 Å². The van der Waals surface area contributed by atoms with Gasteiger partial charge in [0.1, 0.15) is 23.5 Å². The lowest BCUT2D eigenvalue weighted by Crippen LogP contribution is -2.41. The van der Waals surface area contributed by atoms with Crippen LogP contribution in [0.25, 0.3) is 0 Å². The standard InChI is InChI=1S/C21H24FN5O2/c1-13-19(25-14(2)21(28)26-17-6-9-29-10-7-17)20(24-12-23-13)27-8-5-15-11-16(22)3-4-18(15)27/h3-4,11-12,17H,5-10H2,1-2H3,(H,26,28)/b25-14+. The van der Waals surface area contributed by atoms with Gasteiger partial charge in [-0.25, -0.2) is 19.4 Å². The smallest absolute Gasteiger partial charge is 0.265 e. The second-order valence-corrected chi connectivity index (χ2v) is 7.36. The number of benzene rings is 1. The largest absolute Gasteiger partial charge is 0.381 e. The Morgan fingerprint density at radius 1 is 1.31 bits per heavy atom. The summed E-state index contributed by atoms with van der Waals surface area (Å²) in [7, 11) is 0. The zero-order valence-electron chi connectivity index (χ0n) is 16.6. The molecule has 0 spiro atoms. The van der Waals surface area contributed by atoms with Crippen LogP contribution in [-0.4, -0.2) is 47.4 Å². The van der Waals surface area contributed by atoms with E-state index in [2.05, 4.69) is 20.3 Å². The number of rotatable bonds is 4. The quantitative estimate of drug-likeness (QED) is 0.803. The van der Waals surface area contributed by atoms with Crippen LogP contribution in [-0.2, 0) is 16.0 Å². The van der Waals surface area contributed by atoms with Crippen LogP contribution in [0.5, 0.6) is 0 Å². The van der Waals surface area contributed by atoms with Crippen LogP contribution in [0.15, 0.2) is 29.5 Å². The fourth-order valence-corrected chi connectivity index (χ4v) is 3.72. The zero-order valence-corrected chi connectivity index (χ0v) is 16.6. The van der Waals surface area contributed by atoms with Crippen molar-refractivity contribution in [3.8, 4) is 0 Å². The number of nitrogens with one attached hydrogen (secondary N) is 1. The molecular weight excluding hydrogens is 373 g/mol. The van der Waals surface area contributed by atoms with Crippen LogP contribution in [0.4, 0.5) is 21.6 Å². The van der Waals surface area contributed by atoms with E-state index in [-0.39, 0.29) is 17.8 Å². The maximum atomic E-state index is 13.6. The van der Waals surface area contributed by atoms with E-state index in [1.165, 1.54) is 12.4 Å². The lowest BCUT2D eigenvalue weighted by molar-refractivity contribution is -0.116. The molecule has 4 rings (SSSR count). The minimum Gasteiger partial charge on any atom is -0.381 e. The van der Waals surface area contributed by atoms with Gasteiger partial charge in [-0.15, -0.1) is 0 Å². The molecule has 2 aromatic rings. The second kappa shape index (κ2) is 8.24. The van der Waals surface area contributed by atoms with Crippen molar-refractivity contribution in [2.75, 3.05) is 24.7 Å². The van der Waals surface area contributed by atoms with Crippen LogP contribution in [0.1, 0.15) is 31.0 Å². The van der Waals surface area contributed by atoms with E-state index in [1.54, 1.807) is 19.1 Å². The number of carbonyl (C=O) groups is 1. The van der Waals surface area contributed by atoms with Gasteiger partial charge in [-0.05, 0) is 56.9 Å². The molecule has 1 amide bonds. The predicted octanol–water partition coefficient (Wildman–Crippen LogP) is 3.01. The Bertz CT molecular complexity index is 956. The van der Waals surface area contributed by atoms with Gasteiger partial charge in [0.15, 0.2) is 5.82 Å². The summed E-state index contributed by atoms with van der Waals surface area (Å²) in [6.45, 7) is 5.52. The molecule has 0 radical (unpaired) electrons. The third-order valence-corrected chi connectivity index (χ3v) is 5.34. The third-order valence-electron chi connectivity index (χ3n) is 5.34. The first-order chi connectivity index (χ1) is 14.0. The lowest BCUT2D eigenvalue weighted by Gasteiger charge is -2.23. The van der Waals surface area contributed by atoms with Gasteiger partial charge in [-0.2, -0.15) is 0 Å². The normalized spacial score (nSPS) is 17.3. The van der Waals surface area contributed by atoms with Crippen LogP contribution < -0.4 is 10.2 Å². The van der Waals surface area contributed by atoms with Crippen molar-refractivity contribution in [3.63, 3.8) is 0 Å². The summed E-state index contributed by atoms with van der Waals surface area (Å²) in [6, 6.07) is 4.86. The van der Waals surface area contributed by atoms with Crippen molar-refractivity contribution in [3.05, 3.63) is 41.6 Å². The Balaban J connectivity index is 1.62. The van der Waals surface area contributed by atoms with Gasteiger partial charge in [0.25, 0.3) is 5.91 Å². The number of halogens is 1. The van der Waals surface area contributed by atoms with Gasteiger partial charge < -0.3 is 15.0 Å². The molecule has 1 aromatic heterocycles. The van der Waals surface area contributed by atoms with Gasteiger partial charge in [0.2, 0.25) is 0 Å². The fraction of sp³-hybridized carbons (Fsp3) is 0.429. The Labute approximate surface area is 169 Å². The van der Waals surface area contributed by atoms with Crippen molar-refractivity contribution in [1.82, 2.24) is 15.3 Å². The summed E-state index contributed by atoms with van der Waals surface area (Å²) in [5.41, 5.74) is 3.44. The number of ether oxygens (including phenoxy) is 1. The topological polar surface area (TPSA) is 79.7 Å². The van der Waals surface area contributed by atoms with Crippen molar-refractivity contribution >= 4 is 28.8 Å². The summed E-state index contributed by atoms with van der Waals surface area (Å²) in [4.78, 5) is 27.9. The summed E-state index contributed by atoms with van der Waals surface area (Å²) < 4.78 is 18.9. The molecule has 0 bridgehead atoms. The number of hydrogen-bond donors (Lipinski definition) is 1. The van der Waals surface area contributed by atoms with E-state index in [4.69, 9.17) is 4.74 Å². The van der Waals surface area contributed by atoms with Gasteiger partial charge >= 0.3 is 0 Å². The Morgan fingerprint density at radius 3 is 2.90 bits per heavy atom. The van der Waals surface area contributed by atoms with E-state index in [0.29, 0.717) is 42.7 Å². The summed E-state index contributed by atoms with van der Waals surface area (Å²) >= 11 is 0. The molecule has 0 saturated carbocycles. The molecule has 0 aliphatic carbocycles. The SMILES string of the molecule is C/C(=N\c1c(C)ncnc1N1CCc2cc(F)ccc21)C(=O)NC1CCOCC1. The summed E-state index contributed by atoms with van der Waals surface area (Å²) in [6.07, 6.45) is 3.82. The van der Waals surface area contributed by atoms with Crippen LogP contribution in [0.3, 0.4) is 0 Å². The molecule has 1 fully saturated rings. The first kappa shape index (κ1) is 19.4. The monoisotopic (exact) mass is 397 g/mol. The highest BCUT2D eigenvalue weighted by atomic mass is 19.1. The first-order valence-corrected chi connectivity index (χ1v) is 9.84. The van der Waals surface area contributed by atoms with Crippen molar-refractivity contribution in [2.45, 2.75) is 39.2 Å². The summed E-state index contributed by atoms with van der Waals surface area (Å²) in [5, 5.41) is 3.02. The number of nitrogens with zero attached hydrogens (tertiary/aromatic N) is 4. The average molecular weight is 397 g/mol. The van der Waals surface area contributed by atoms with E-state index in [1.807, 2.05) is 11.8 Å². The molecule has 1 saturated heterocycles. The molecule has 1 aromatic carbocycles. The van der Waals surface area contributed by atoms with Crippen LogP contribution >= 0.6 is 0 Å². The fourth-order valence-electron chi connectivity index (χ4n) is 3.72. The molecule has 1 N–H and O–H groups in total. The van der Waals surface area contributed by atoms with E-state index in [9.17, 15) is 9.18 Å². The molecule has 8 heteroatoms. The molecule has 29 heavy (non-hydrogen) atoms. The minimum absolute atomic E-state index is 0.106. The molecule has 2 aliphatic heterocycles. The molecule has 0 atom stereocenters. The van der Waals surface area contributed by atoms with Crippen molar-refractivity contribution < 1.29 is 13.9 Å². The Hall–Kier alpha value is -2.87. The number of hydrogen-bond acceptors (Lipinski definition) is 6. The number of fused-ring (bicyclic) bond motifs is 1. The maximum absolute atomic E-state index is 13.6. The third kappa shape index (κ3) is 4.12. The van der Waals surface area contributed by atoms with E-state index >= 15 is 0 Å². The van der Waals surface area contributed by atoms with Crippen LogP contribution in [0.2, 0.25) is 0 Å². The number of carbonyl (C=O) groups excluding carboxylic acids is 1. The summed E-state index contributed by atoms with van der Waals surface area (Å²) in [5.74, 6) is 0.180. The van der Waals surface area contributed by atoms with Gasteiger partial charge in [0, 0.05) is 31.5 Å². The molecule has 152 valence electrons. The first-order valence-electron chi connectivity index (χ1n) is 9.84. The highest BCUT2D eigenvalue weighted by Gasteiger charge is 2.25. The molecular formula is C21H24FN5O2. The predicted molar refractivity (Wildman–Crippen MR) is 109 cm³/mol. The highest BCUT2D eigenvalue weighted by molar-refractivity contribution is 6.38. The average Bonchev–Trinajstić information content (AvgIpc) is 3.13. The number of aromatic nitrogens is 2. The van der Waals surface area contributed by atoms with E-state index < -0.39 is 0 Å². The van der Waals surface area contributed by atoms with Crippen molar-refractivity contribution in [1.29, 1.82) is 0 Å². The lowest BCUT2D eigenvalue weighted by atomic mass is 10.1. The Kier molecular flexibility index (Phi) is 5.53. The van der Waals surface area contributed by atoms with Crippen LogP contribution in [0, 0.1) is 12.7 Å². The molecule has 0 unspecified atom stereocenters. The minimum atomic E-state index is -0.247. The van der Waals surface area contributed by atoms with Crippen molar-refractivity contribution in [2.24, 2.45) is 4.99 Å². The molecule has 7 nitrogen and oxygen atoms in total. The van der Waals surface area contributed by atoms with E-state index in [0.717, 1.165) is 30.5 Å². The Morgan fingerprint density at radius 2 is 2.10 bits per heavy atom. The zero-order chi connectivity index (χ0) is 20.4. The number of aliphatic imine (C=N–C) groups is 1. The van der Waals surface area contributed by atoms with Gasteiger partial charge in [0.05, 0.1) is 5.69 Å². The number of aryl methyl sites for hydroxylation is 1. The maximum Gasteiger partial charge on any atom is 0.265 e. The highest BCUT2D eigenvalue weighted by Crippen LogP contribution is 2.39. The second-order valence-electron chi connectivity index (χ2n) is 7.36.